The second-order valence-corrected chi connectivity index (χ2v) is 6.58. The molecule has 2 aromatic heterocycles. The monoisotopic (exact) mass is 420 g/mol. The number of hydrogen-bond acceptors (Lipinski definition) is 4. The number of carbonyl (C=O) groups excluding carboxylic acids is 1. The average molecular weight is 420 g/mol. The third kappa shape index (κ3) is 4.75. The van der Waals surface area contributed by atoms with Crippen LogP contribution in [0.25, 0.3) is 16.9 Å². The summed E-state index contributed by atoms with van der Waals surface area (Å²) < 4.78 is 31.4. The molecule has 0 saturated heterocycles. The topological polar surface area (TPSA) is 69.0 Å². The number of amides is 1. The Labute approximate surface area is 177 Å². The predicted octanol–water partition coefficient (Wildman–Crippen LogP) is 4.47. The van der Waals surface area contributed by atoms with E-state index in [1.54, 1.807) is 47.5 Å². The highest BCUT2D eigenvalue weighted by molar-refractivity contribution is 5.99. The zero-order valence-electron chi connectivity index (χ0n) is 16.3. The van der Waals surface area contributed by atoms with Crippen LogP contribution in [0.1, 0.15) is 15.9 Å². The first-order chi connectivity index (χ1) is 15.1. The molecule has 0 spiro atoms. The van der Waals surface area contributed by atoms with Crippen molar-refractivity contribution in [2.75, 3.05) is 0 Å². The molecule has 0 bridgehead atoms. The summed E-state index contributed by atoms with van der Waals surface area (Å²) in [6, 6.07) is 19.3. The molecule has 0 radical (unpaired) electrons. The molecule has 2 aromatic carbocycles. The fourth-order valence-electron chi connectivity index (χ4n) is 3.10. The average Bonchev–Trinajstić information content (AvgIpc) is 3.25. The fourth-order valence-corrected chi connectivity index (χ4v) is 3.10. The van der Waals surface area contributed by atoms with Crippen LogP contribution in [0, 0.1) is 0 Å². The molecule has 6 nitrogen and oxygen atoms in total. The minimum Gasteiger partial charge on any atom is -0.434 e. The van der Waals surface area contributed by atoms with E-state index in [9.17, 15) is 13.6 Å². The number of nitrogens with one attached hydrogen (secondary N) is 1. The molecule has 0 aliphatic heterocycles. The van der Waals surface area contributed by atoms with Crippen molar-refractivity contribution in [3.8, 4) is 22.7 Å². The normalized spacial score (nSPS) is 10.8. The zero-order chi connectivity index (χ0) is 21.6. The van der Waals surface area contributed by atoms with Crippen LogP contribution in [0.2, 0.25) is 0 Å². The summed E-state index contributed by atoms with van der Waals surface area (Å²) in [7, 11) is 0. The summed E-state index contributed by atoms with van der Waals surface area (Å²) in [5.74, 6) is -0.377. The smallest absolute Gasteiger partial charge is 0.387 e. The summed E-state index contributed by atoms with van der Waals surface area (Å²) in [5.41, 5.74) is 2.72. The number of ether oxygens (including phenoxy) is 1. The number of hydrogen-bond donors (Lipinski definition) is 1. The van der Waals surface area contributed by atoms with Gasteiger partial charge >= 0.3 is 6.61 Å². The van der Waals surface area contributed by atoms with Crippen molar-refractivity contribution in [3.05, 3.63) is 96.4 Å². The van der Waals surface area contributed by atoms with E-state index in [0.717, 1.165) is 5.69 Å². The summed E-state index contributed by atoms with van der Waals surface area (Å²) >= 11 is 0. The number of rotatable bonds is 7. The predicted molar refractivity (Wildman–Crippen MR) is 111 cm³/mol. The number of aromatic nitrogens is 3. The largest absolute Gasteiger partial charge is 0.434 e. The van der Waals surface area contributed by atoms with E-state index < -0.39 is 12.5 Å². The summed E-state index contributed by atoms with van der Waals surface area (Å²) in [5, 5.41) is 7.34. The lowest BCUT2D eigenvalue weighted by atomic mass is 10.1. The first kappa shape index (κ1) is 20.2. The second kappa shape index (κ2) is 9.17. The Morgan fingerprint density at radius 2 is 1.81 bits per heavy atom. The molecule has 2 heterocycles. The van der Waals surface area contributed by atoms with Crippen LogP contribution < -0.4 is 10.1 Å². The van der Waals surface area contributed by atoms with Crippen molar-refractivity contribution < 1.29 is 18.3 Å². The van der Waals surface area contributed by atoms with Crippen molar-refractivity contribution in [1.29, 1.82) is 0 Å². The zero-order valence-corrected chi connectivity index (χ0v) is 16.3. The maximum Gasteiger partial charge on any atom is 0.387 e. The molecule has 4 rings (SSSR count). The Balaban J connectivity index is 1.63. The first-order valence-corrected chi connectivity index (χ1v) is 9.48. The number of alkyl halides is 2. The molecule has 0 atom stereocenters. The first-order valence-electron chi connectivity index (χ1n) is 9.48. The van der Waals surface area contributed by atoms with Crippen LogP contribution in [0.5, 0.6) is 5.75 Å². The minimum absolute atomic E-state index is 0.0186. The third-order valence-electron chi connectivity index (χ3n) is 4.54. The quantitative estimate of drug-likeness (QED) is 0.479. The molecular weight excluding hydrogens is 402 g/mol. The maximum absolute atomic E-state index is 13.0. The van der Waals surface area contributed by atoms with E-state index in [4.69, 9.17) is 0 Å². The molecular formula is C23H18F2N4O2. The number of nitrogens with zero attached hydrogens (tertiary/aromatic N) is 3. The molecule has 0 fully saturated rings. The Kier molecular flexibility index (Phi) is 5.98. The number of halogens is 2. The molecule has 31 heavy (non-hydrogen) atoms. The molecule has 4 aromatic rings. The van der Waals surface area contributed by atoms with Crippen LogP contribution in [0.4, 0.5) is 8.78 Å². The van der Waals surface area contributed by atoms with Crippen molar-refractivity contribution in [3.63, 3.8) is 0 Å². The SMILES string of the molecule is O=C(NCc1ccccc1OC(F)F)c1cn(-c2ccccc2)nc1-c1cccnc1. The van der Waals surface area contributed by atoms with Crippen molar-refractivity contribution in [2.24, 2.45) is 0 Å². The number of benzene rings is 2. The molecule has 8 heteroatoms. The van der Waals surface area contributed by atoms with Gasteiger partial charge in [-0.15, -0.1) is 0 Å². The summed E-state index contributed by atoms with van der Waals surface area (Å²) in [4.78, 5) is 17.1. The van der Waals surface area contributed by atoms with E-state index in [0.29, 0.717) is 22.4 Å². The summed E-state index contributed by atoms with van der Waals surface area (Å²) in [6.07, 6.45) is 4.90. The van der Waals surface area contributed by atoms with Gasteiger partial charge in [-0.1, -0.05) is 36.4 Å². The molecule has 1 amide bonds. The van der Waals surface area contributed by atoms with Gasteiger partial charge in [-0.05, 0) is 30.3 Å². The van der Waals surface area contributed by atoms with Crippen molar-refractivity contribution in [1.82, 2.24) is 20.1 Å². The Morgan fingerprint density at radius 3 is 2.55 bits per heavy atom. The van der Waals surface area contributed by atoms with Gasteiger partial charge in [0.1, 0.15) is 11.4 Å². The van der Waals surface area contributed by atoms with E-state index in [2.05, 4.69) is 20.1 Å². The molecule has 0 aliphatic rings. The van der Waals surface area contributed by atoms with E-state index >= 15 is 0 Å². The Morgan fingerprint density at radius 1 is 1.03 bits per heavy atom. The van der Waals surface area contributed by atoms with Gasteiger partial charge < -0.3 is 10.1 Å². The van der Waals surface area contributed by atoms with Crippen molar-refractivity contribution >= 4 is 5.91 Å². The molecule has 156 valence electrons. The van der Waals surface area contributed by atoms with E-state index in [-0.39, 0.29) is 12.3 Å². The lowest BCUT2D eigenvalue weighted by molar-refractivity contribution is -0.0504. The standard InChI is InChI=1S/C23H18F2N4O2/c24-23(25)31-20-11-5-4-7-16(20)14-27-22(30)19-15-29(18-9-2-1-3-10-18)28-21(19)17-8-6-12-26-13-17/h1-13,15,23H,14H2,(H,27,30). The molecule has 0 unspecified atom stereocenters. The number of carbonyl (C=O) groups is 1. The van der Waals surface area contributed by atoms with E-state index in [1.807, 2.05) is 36.4 Å². The lowest BCUT2D eigenvalue weighted by Gasteiger charge is -2.11. The molecule has 1 N–H and O–H groups in total. The van der Waals surface area contributed by atoms with Gasteiger partial charge in [0, 0.05) is 36.3 Å². The fraction of sp³-hybridized carbons (Fsp3) is 0.0870. The highest BCUT2D eigenvalue weighted by atomic mass is 19.3. The Hall–Kier alpha value is -4.07. The summed E-state index contributed by atoms with van der Waals surface area (Å²) in [6.45, 7) is -2.93. The van der Waals surface area contributed by atoms with Gasteiger partial charge in [0.05, 0.1) is 11.3 Å². The highest BCUT2D eigenvalue weighted by Crippen LogP contribution is 2.24. The minimum atomic E-state index is -2.95. The number of pyridine rings is 1. The van der Waals surface area contributed by atoms with Gasteiger partial charge in [-0.25, -0.2) is 4.68 Å². The molecule has 0 aliphatic carbocycles. The lowest BCUT2D eigenvalue weighted by Crippen LogP contribution is -2.23. The van der Waals surface area contributed by atoms with Gasteiger partial charge in [0.15, 0.2) is 0 Å². The molecule has 0 saturated carbocycles. The highest BCUT2D eigenvalue weighted by Gasteiger charge is 2.19. The van der Waals surface area contributed by atoms with Crippen LogP contribution in [0.15, 0.2) is 85.3 Å². The van der Waals surface area contributed by atoms with Gasteiger partial charge in [-0.3, -0.25) is 9.78 Å². The van der Waals surface area contributed by atoms with E-state index in [1.165, 1.54) is 6.07 Å². The third-order valence-corrected chi connectivity index (χ3v) is 4.54. The van der Waals surface area contributed by atoms with Crippen molar-refractivity contribution in [2.45, 2.75) is 13.2 Å². The van der Waals surface area contributed by atoms with Crippen LogP contribution in [0.3, 0.4) is 0 Å². The van der Waals surface area contributed by atoms with Crippen LogP contribution >= 0.6 is 0 Å². The van der Waals surface area contributed by atoms with Gasteiger partial charge in [0.25, 0.3) is 5.91 Å². The second-order valence-electron chi connectivity index (χ2n) is 6.58. The van der Waals surface area contributed by atoms with Gasteiger partial charge in [-0.2, -0.15) is 13.9 Å². The maximum atomic E-state index is 13.0. The van der Waals surface area contributed by atoms with Gasteiger partial charge in [0.2, 0.25) is 0 Å². The Bertz CT molecular complexity index is 1160. The van der Waals surface area contributed by atoms with Crippen LogP contribution in [-0.4, -0.2) is 27.3 Å². The van der Waals surface area contributed by atoms with Crippen LogP contribution in [-0.2, 0) is 6.54 Å². The number of para-hydroxylation sites is 2.